The zero-order valence-electron chi connectivity index (χ0n) is 13.5. The van der Waals surface area contributed by atoms with Crippen LogP contribution in [0.5, 0.6) is 0 Å². The van der Waals surface area contributed by atoms with E-state index in [4.69, 9.17) is 4.74 Å². The van der Waals surface area contributed by atoms with Crippen molar-refractivity contribution in [1.82, 2.24) is 9.88 Å². The van der Waals surface area contributed by atoms with E-state index in [1.165, 1.54) is 0 Å². The Balaban J connectivity index is 1.58. The lowest BCUT2D eigenvalue weighted by molar-refractivity contribution is -0.223. The van der Waals surface area contributed by atoms with Gasteiger partial charge in [0.05, 0.1) is 23.5 Å². The number of rotatable bonds is 2. The number of aliphatic hydroxyl groups is 2. The van der Waals surface area contributed by atoms with Gasteiger partial charge in [-0.15, -0.1) is 0 Å². The molecule has 1 aromatic rings. The highest BCUT2D eigenvalue weighted by atomic mass is 16.5. The van der Waals surface area contributed by atoms with Crippen LogP contribution in [0.1, 0.15) is 37.6 Å². The first-order chi connectivity index (χ1) is 10.4. The molecule has 0 aromatic carbocycles. The molecule has 2 saturated heterocycles. The molecule has 0 aliphatic carbocycles. The van der Waals surface area contributed by atoms with E-state index < -0.39 is 11.7 Å². The maximum Gasteiger partial charge on any atom is 0.106 e. The third kappa shape index (κ3) is 3.33. The Morgan fingerprint density at radius 1 is 1.36 bits per heavy atom. The lowest BCUT2D eigenvalue weighted by Crippen LogP contribution is -2.59. The summed E-state index contributed by atoms with van der Waals surface area (Å²) in [6.07, 6.45) is 1.51. The van der Waals surface area contributed by atoms with Crippen molar-refractivity contribution in [1.29, 1.82) is 0 Å². The molecule has 0 radical (unpaired) electrons. The van der Waals surface area contributed by atoms with Crippen molar-refractivity contribution in [2.45, 2.75) is 57.0 Å². The van der Waals surface area contributed by atoms with Gasteiger partial charge in [-0.3, -0.25) is 9.88 Å². The Labute approximate surface area is 131 Å². The number of aryl methyl sites for hydroxylation is 1. The second-order valence-corrected chi connectivity index (χ2v) is 7.09. The van der Waals surface area contributed by atoms with Crippen molar-refractivity contribution >= 4 is 0 Å². The van der Waals surface area contributed by atoms with Crippen LogP contribution in [0, 0.1) is 6.92 Å². The number of piperidine rings is 1. The molecule has 3 rings (SSSR count). The van der Waals surface area contributed by atoms with Gasteiger partial charge >= 0.3 is 0 Å². The Morgan fingerprint density at radius 2 is 2.09 bits per heavy atom. The number of aromatic nitrogens is 1. The molecule has 2 aliphatic rings. The van der Waals surface area contributed by atoms with Gasteiger partial charge in [0.2, 0.25) is 0 Å². The highest BCUT2D eigenvalue weighted by Crippen LogP contribution is 2.39. The smallest absolute Gasteiger partial charge is 0.106 e. The molecular weight excluding hydrogens is 280 g/mol. The van der Waals surface area contributed by atoms with Gasteiger partial charge in [0.25, 0.3) is 0 Å². The van der Waals surface area contributed by atoms with Crippen LogP contribution in [0.4, 0.5) is 0 Å². The van der Waals surface area contributed by atoms with Gasteiger partial charge in [0, 0.05) is 31.7 Å². The Morgan fingerprint density at radius 3 is 2.73 bits per heavy atom. The molecule has 2 fully saturated rings. The minimum Gasteiger partial charge on any atom is -0.388 e. The minimum atomic E-state index is -1.04. The van der Waals surface area contributed by atoms with Gasteiger partial charge in [-0.05, 0) is 38.8 Å². The standard InChI is InChI=1S/C17H26N2O3/c1-13-4-3-5-14(18-13)10-19-8-6-17(7-9-19)12-16(2,21)15(20)11-22-17/h3-5,15,20-21H,6-12H2,1-2H3/t15-,16-/m0/s1. The number of hydrogen-bond acceptors (Lipinski definition) is 5. The lowest BCUT2D eigenvalue weighted by Gasteiger charge is -2.49. The first-order valence-electron chi connectivity index (χ1n) is 8.08. The molecule has 5 heteroatoms. The van der Waals surface area contributed by atoms with Crippen LogP contribution in [0.15, 0.2) is 18.2 Å². The summed E-state index contributed by atoms with van der Waals surface area (Å²) in [5.41, 5.74) is 0.826. The third-order valence-electron chi connectivity index (χ3n) is 5.04. The Bertz CT molecular complexity index is 524. The monoisotopic (exact) mass is 306 g/mol. The summed E-state index contributed by atoms with van der Waals surface area (Å²) in [7, 11) is 0. The molecule has 5 nitrogen and oxygen atoms in total. The molecule has 2 aliphatic heterocycles. The minimum absolute atomic E-state index is 0.229. The zero-order chi connectivity index (χ0) is 15.8. The molecule has 0 amide bonds. The van der Waals surface area contributed by atoms with Crippen LogP contribution in [0.25, 0.3) is 0 Å². The van der Waals surface area contributed by atoms with Crippen molar-refractivity contribution in [3.05, 3.63) is 29.6 Å². The second-order valence-electron chi connectivity index (χ2n) is 7.09. The summed E-state index contributed by atoms with van der Waals surface area (Å²) in [6.45, 7) is 6.68. The Hall–Kier alpha value is -1.01. The van der Waals surface area contributed by atoms with Gasteiger partial charge in [0.15, 0.2) is 0 Å². The number of pyridine rings is 1. The number of hydrogen-bond donors (Lipinski definition) is 2. The summed E-state index contributed by atoms with van der Waals surface area (Å²) in [4.78, 5) is 6.94. The zero-order valence-corrected chi connectivity index (χ0v) is 13.5. The molecule has 2 N–H and O–H groups in total. The molecule has 122 valence electrons. The van der Waals surface area contributed by atoms with Crippen LogP contribution >= 0.6 is 0 Å². The summed E-state index contributed by atoms with van der Waals surface area (Å²) < 4.78 is 5.92. The number of nitrogens with zero attached hydrogens (tertiary/aromatic N) is 2. The third-order valence-corrected chi connectivity index (χ3v) is 5.04. The van der Waals surface area contributed by atoms with Gasteiger partial charge in [0.1, 0.15) is 6.10 Å². The van der Waals surface area contributed by atoms with E-state index in [1.807, 2.05) is 19.1 Å². The first kappa shape index (κ1) is 15.9. The van der Waals surface area contributed by atoms with E-state index in [0.717, 1.165) is 43.9 Å². The Kier molecular flexibility index (Phi) is 4.25. The summed E-state index contributed by atoms with van der Waals surface area (Å²) in [5, 5.41) is 20.2. The topological polar surface area (TPSA) is 65.8 Å². The van der Waals surface area contributed by atoms with E-state index >= 15 is 0 Å². The van der Waals surface area contributed by atoms with Gasteiger partial charge in [-0.2, -0.15) is 0 Å². The van der Waals surface area contributed by atoms with E-state index in [9.17, 15) is 10.2 Å². The average Bonchev–Trinajstić information content (AvgIpc) is 2.46. The largest absolute Gasteiger partial charge is 0.388 e. The van der Waals surface area contributed by atoms with Crippen LogP contribution in [-0.4, -0.2) is 57.1 Å². The van der Waals surface area contributed by atoms with Gasteiger partial charge < -0.3 is 14.9 Å². The summed E-state index contributed by atoms with van der Waals surface area (Å²) in [5.74, 6) is 0. The molecule has 22 heavy (non-hydrogen) atoms. The summed E-state index contributed by atoms with van der Waals surface area (Å²) >= 11 is 0. The van der Waals surface area contributed by atoms with Gasteiger partial charge in [-0.25, -0.2) is 0 Å². The average molecular weight is 306 g/mol. The molecule has 2 atom stereocenters. The second kappa shape index (κ2) is 5.89. The quantitative estimate of drug-likeness (QED) is 0.861. The maximum atomic E-state index is 10.3. The molecule has 0 saturated carbocycles. The van der Waals surface area contributed by atoms with E-state index in [0.29, 0.717) is 6.42 Å². The van der Waals surface area contributed by atoms with E-state index in [2.05, 4.69) is 16.0 Å². The predicted octanol–water partition coefficient (Wildman–Crippen LogP) is 1.26. The summed E-state index contributed by atoms with van der Waals surface area (Å²) in [6, 6.07) is 6.12. The van der Waals surface area contributed by atoms with Crippen molar-refractivity contribution in [2.75, 3.05) is 19.7 Å². The predicted molar refractivity (Wildman–Crippen MR) is 83.4 cm³/mol. The highest BCUT2D eigenvalue weighted by Gasteiger charge is 2.48. The van der Waals surface area contributed by atoms with Crippen molar-refractivity contribution < 1.29 is 14.9 Å². The fraction of sp³-hybridized carbons (Fsp3) is 0.706. The maximum absolute atomic E-state index is 10.3. The lowest BCUT2D eigenvalue weighted by atomic mass is 9.76. The number of ether oxygens (including phenoxy) is 1. The van der Waals surface area contributed by atoms with Crippen LogP contribution in [0.3, 0.4) is 0 Å². The molecular formula is C17H26N2O3. The normalized spacial score (nSPS) is 32.3. The molecule has 3 heterocycles. The molecule has 1 aromatic heterocycles. The van der Waals surface area contributed by atoms with E-state index in [1.54, 1.807) is 6.92 Å². The van der Waals surface area contributed by atoms with Crippen LogP contribution in [0.2, 0.25) is 0 Å². The van der Waals surface area contributed by atoms with Crippen LogP contribution < -0.4 is 0 Å². The van der Waals surface area contributed by atoms with Crippen LogP contribution in [-0.2, 0) is 11.3 Å². The molecule has 1 spiro atoms. The molecule has 0 bridgehead atoms. The van der Waals surface area contributed by atoms with Crippen molar-refractivity contribution in [3.8, 4) is 0 Å². The first-order valence-corrected chi connectivity index (χ1v) is 8.08. The van der Waals surface area contributed by atoms with Crippen molar-refractivity contribution in [3.63, 3.8) is 0 Å². The van der Waals surface area contributed by atoms with Gasteiger partial charge in [-0.1, -0.05) is 6.07 Å². The van der Waals surface area contributed by atoms with E-state index in [-0.39, 0.29) is 12.2 Å². The fourth-order valence-corrected chi connectivity index (χ4v) is 3.61. The number of aliphatic hydroxyl groups excluding tert-OH is 1. The highest BCUT2D eigenvalue weighted by molar-refractivity contribution is 5.10. The molecule has 0 unspecified atom stereocenters. The number of likely N-dealkylation sites (tertiary alicyclic amines) is 1. The van der Waals surface area contributed by atoms with Crippen molar-refractivity contribution in [2.24, 2.45) is 0 Å². The SMILES string of the molecule is Cc1cccc(CN2CCC3(CC2)C[C@](C)(O)[C@@H](O)CO3)n1. The fourth-order valence-electron chi connectivity index (χ4n) is 3.61.